The second-order valence-corrected chi connectivity index (χ2v) is 8.25. The molecule has 0 radical (unpaired) electrons. The van der Waals surface area contributed by atoms with E-state index in [-0.39, 0.29) is 16.3 Å². The predicted octanol–water partition coefficient (Wildman–Crippen LogP) is 4.35. The average Bonchev–Trinajstić information content (AvgIpc) is 2.67. The van der Waals surface area contributed by atoms with Crippen molar-refractivity contribution in [2.24, 2.45) is 0 Å². The molecule has 3 rings (SSSR count). The van der Waals surface area contributed by atoms with Gasteiger partial charge in [0.1, 0.15) is 11.6 Å². The number of rotatable bonds is 4. The van der Waals surface area contributed by atoms with E-state index in [1.54, 1.807) is 24.3 Å². The van der Waals surface area contributed by atoms with E-state index in [4.69, 9.17) is 16.3 Å². The van der Waals surface area contributed by atoms with Crippen molar-refractivity contribution in [2.45, 2.75) is 4.90 Å². The summed E-state index contributed by atoms with van der Waals surface area (Å²) in [5.41, 5.74) is 2.87. The summed E-state index contributed by atoms with van der Waals surface area (Å²) in [5, 5.41) is 9.92. The van der Waals surface area contributed by atoms with Gasteiger partial charge in [-0.15, -0.1) is 0 Å². The van der Waals surface area contributed by atoms with Gasteiger partial charge in [0.05, 0.1) is 17.7 Å². The standard InChI is InChI=1S/C20H15ClN2O3S/c1-26-20-14(12-22)11-17(13-7-9-15(10-8-13)27(2,24)25)19(23-20)16-5-3-4-6-18(16)21/h3-11H,1-2H3. The summed E-state index contributed by atoms with van der Waals surface area (Å²) in [7, 11) is -1.86. The number of nitriles is 1. The lowest BCUT2D eigenvalue weighted by Crippen LogP contribution is -1.99. The third kappa shape index (κ3) is 3.80. The number of benzene rings is 2. The summed E-state index contributed by atoms with van der Waals surface area (Å²) in [6.07, 6.45) is 1.15. The highest BCUT2D eigenvalue weighted by Crippen LogP contribution is 2.37. The minimum absolute atomic E-state index is 0.198. The summed E-state index contributed by atoms with van der Waals surface area (Å²) in [4.78, 5) is 4.71. The van der Waals surface area contributed by atoms with Crippen LogP contribution in [0.1, 0.15) is 5.56 Å². The summed E-state index contributed by atoms with van der Waals surface area (Å²) >= 11 is 6.35. The Morgan fingerprint density at radius 3 is 2.30 bits per heavy atom. The van der Waals surface area contributed by atoms with Gasteiger partial charge in [0.15, 0.2) is 9.84 Å². The number of hydrogen-bond donors (Lipinski definition) is 0. The average molecular weight is 399 g/mol. The van der Waals surface area contributed by atoms with Gasteiger partial charge in [-0.25, -0.2) is 13.4 Å². The van der Waals surface area contributed by atoms with E-state index in [9.17, 15) is 13.7 Å². The van der Waals surface area contributed by atoms with Gasteiger partial charge in [0, 0.05) is 22.4 Å². The van der Waals surface area contributed by atoms with Crippen molar-refractivity contribution in [1.82, 2.24) is 4.98 Å². The van der Waals surface area contributed by atoms with Crippen LogP contribution < -0.4 is 4.74 Å². The number of aromatic nitrogens is 1. The van der Waals surface area contributed by atoms with E-state index >= 15 is 0 Å². The second-order valence-electron chi connectivity index (χ2n) is 5.83. The van der Waals surface area contributed by atoms with Crippen LogP contribution in [0.15, 0.2) is 59.5 Å². The maximum atomic E-state index is 11.7. The van der Waals surface area contributed by atoms with Crippen molar-refractivity contribution >= 4 is 21.4 Å². The number of ether oxygens (including phenoxy) is 1. The first-order valence-corrected chi connectivity index (χ1v) is 10.2. The van der Waals surface area contributed by atoms with Gasteiger partial charge in [-0.1, -0.05) is 41.9 Å². The highest BCUT2D eigenvalue weighted by Gasteiger charge is 2.18. The van der Waals surface area contributed by atoms with Crippen molar-refractivity contribution in [2.75, 3.05) is 13.4 Å². The molecule has 7 heteroatoms. The molecule has 3 aromatic rings. The molecular formula is C20H15ClN2O3S. The van der Waals surface area contributed by atoms with Crippen molar-refractivity contribution in [3.05, 3.63) is 65.2 Å². The Bertz CT molecular complexity index is 1150. The zero-order valence-electron chi connectivity index (χ0n) is 14.6. The highest BCUT2D eigenvalue weighted by molar-refractivity contribution is 7.90. The molecular weight excluding hydrogens is 384 g/mol. The minimum atomic E-state index is -3.30. The third-order valence-corrected chi connectivity index (χ3v) is 5.48. The molecule has 0 aliphatic carbocycles. The third-order valence-electron chi connectivity index (χ3n) is 4.02. The van der Waals surface area contributed by atoms with Gasteiger partial charge >= 0.3 is 0 Å². The van der Waals surface area contributed by atoms with E-state index in [1.807, 2.05) is 18.2 Å². The molecule has 0 fully saturated rings. The molecule has 1 aromatic heterocycles. The summed E-state index contributed by atoms with van der Waals surface area (Å²) in [6, 6.07) is 17.4. The van der Waals surface area contributed by atoms with Gasteiger partial charge in [-0.2, -0.15) is 5.26 Å². The predicted molar refractivity (Wildman–Crippen MR) is 104 cm³/mol. The molecule has 0 saturated heterocycles. The normalized spacial score (nSPS) is 11.0. The van der Waals surface area contributed by atoms with E-state index in [0.29, 0.717) is 27.4 Å². The van der Waals surface area contributed by atoms with E-state index in [1.165, 1.54) is 19.2 Å². The lowest BCUT2D eigenvalue weighted by atomic mass is 9.98. The smallest absolute Gasteiger partial charge is 0.232 e. The SMILES string of the molecule is COc1nc(-c2ccccc2Cl)c(-c2ccc(S(C)(=O)=O)cc2)cc1C#N. The van der Waals surface area contributed by atoms with E-state index in [0.717, 1.165) is 6.26 Å². The van der Waals surface area contributed by atoms with Crippen LogP contribution in [0.25, 0.3) is 22.4 Å². The number of halogens is 1. The molecule has 2 aromatic carbocycles. The lowest BCUT2D eigenvalue weighted by Gasteiger charge is -2.14. The number of sulfone groups is 1. The molecule has 27 heavy (non-hydrogen) atoms. The summed E-state index contributed by atoms with van der Waals surface area (Å²) in [5.74, 6) is 0.198. The van der Waals surface area contributed by atoms with Crippen molar-refractivity contribution < 1.29 is 13.2 Å². The van der Waals surface area contributed by atoms with Gasteiger partial charge < -0.3 is 4.74 Å². The number of methoxy groups -OCH3 is 1. The van der Waals surface area contributed by atoms with Gasteiger partial charge in [0.2, 0.25) is 5.88 Å². The second kappa shape index (κ2) is 7.39. The molecule has 0 aliphatic rings. The monoisotopic (exact) mass is 398 g/mol. The number of hydrogen-bond acceptors (Lipinski definition) is 5. The molecule has 0 atom stereocenters. The first-order valence-electron chi connectivity index (χ1n) is 7.89. The Hall–Kier alpha value is -2.88. The largest absolute Gasteiger partial charge is 0.480 e. The van der Waals surface area contributed by atoms with E-state index in [2.05, 4.69) is 11.1 Å². The Kier molecular flexibility index (Phi) is 5.17. The van der Waals surface area contributed by atoms with Crippen LogP contribution in [-0.2, 0) is 9.84 Å². The molecule has 0 unspecified atom stereocenters. The molecule has 136 valence electrons. The van der Waals surface area contributed by atoms with Crippen LogP contribution in [-0.4, -0.2) is 26.8 Å². The Labute approximate surface area is 162 Å². The number of nitrogens with zero attached hydrogens (tertiary/aromatic N) is 2. The van der Waals surface area contributed by atoms with Crippen molar-refractivity contribution in [1.29, 1.82) is 5.26 Å². The quantitative estimate of drug-likeness (QED) is 0.652. The zero-order valence-corrected chi connectivity index (χ0v) is 16.2. The van der Waals surface area contributed by atoms with Crippen LogP contribution >= 0.6 is 11.6 Å². The fourth-order valence-corrected chi connectivity index (χ4v) is 3.55. The fourth-order valence-electron chi connectivity index (χ4n) is 2.69. The maximum absolute atomic E-state index is 11.7. The fraction of sp³-hybridized carbons (Fsp3) is 0.100. The van der Waals surface area contributed by atoms with Crippen molar-refractivity contribution in [3.63, 3.8) is 0 Å². The lowest BCUT2D eigenvalue weighted by molar-refractivity contribution is 0.397. The van der Waals surface area contributed by atoms with Gasteiger partial charge in [-0.3, -0.25) is 0 Å². The minimum Gasteiger partial charge on any atom is -0.480 e. The molecule has 0 saturated carbocycles. The number of pyridine rings is 1. The Morgan fingerprint density at radius 2 is 1.74 bits per heavy atom. The highest BCUT2D eigenvalue weighted by atomic mass is 35.5. The first kappa shape index (κ1) is 18.9. The Morgan fingerprint density at radius 1 is 1.07 bits per heavy atom. The molecule has 0 aliphatic heterocycles. The first-order chi connectivity index (χ1) is 12.8. The molecule has 0 bridgehead atoms. The topological polar surface area (TPSA) is 80.0 Å². The summed E-state index contributed by atoms with van der Waals surface area (Å²) < 4.78 is 28.7. The summed E-state index contributed by atoms with van der Waals surface area (Å²) in [6.45, 7) is 0. The molecule has 0 spiro atoms. The van der Waals surface area contributed by atoms with Crippen LogP contribution in [0, 0.1) is 11.3 Å². The zero-order chi connectivity index (χ0) is 19.6. The van der Waals surface area contributed by atoms with E-state index < -0.39 is 9.84 Å². The van der Waals surface area contributed by atoms with Crippen LogP contribution in [0.2, 0.25) is 5.02 Å². The molecule has 0 amide bonds. The molecule has 0 N–H and O–H groups in total. The van der Waals surface area contributed by atoms with Crippen LogP contribution in [0.4, 0.5) is 0 Å². The maximum Gasteiger partial charge on any atom is 0.232 e. The van der Waals surface area contributed by atoms with Gasteiger partial charge in [-0.05, 0) is 29.8 Å². The Balaban J connectivity index is 2.28. The molecule has 5 nitrogen and oxygen atoms in total. The van der Waals surface area contributed by atoms with Crippen LogP contribution in [0.5, 0.6) is 5.88 Å². The van der Waals surface area contributed by atoms with Gasteiger partial charge in [0.25, 0.3) is 0 Å². The molecule has 1 heterocycles. The van der Waals surface area contributed by atoms with Crippen LogP contribution in [0.3, 0.4) is 0 Å². The van der Waals surface area contributed by atoms with Crippen molar-refractivity contribution in [3.8, 4) is 34.3 Å².